The molecule has 5 rings (SSSR count). The quantitative estimate of drug-likeness (QED) is 0.397. The summed E-state index contributed by atoms with van der Waals surface area (Å²) >= 11 is 0. The first-order valence-corrected chi connectivity index (χ1v) is 16.0. The summed E-state index contributed by atoms with van der Waals surface area (Å²) in [5, 5.41) is 0. The molecule has 3 aliphatic rings. The molecule has 2 aliphatic heterocycles. The third-order valence-corrected chi connectivity index (χ3v) is 8.78. The number of aromatic nitrogens is 2. The fourth-order valence-electron chi connectivity index (χ4n) is 6.03. The molecule has 1 aromatic carbocycles. The van der Waals surface area contributed by atoms with Crippen molar-refractivity contribution in [2.75, 3.05) is 50.8 Å². The van der Waals surface area contributed by atoms with Gasteiger partial charge < -0.3 is 24.2 Å². The normalized spacial score (nSPS) is 19.9. The van der Waals surface area contributed by atoms with Crippen LogP contribution in [0.1, 0.15) is 70.9 Å². The number of halogens is 1. The first-order valence-electron chi connectivity index (χ1n) is 16.0. The van der Waals surface area contributed by atoms with Crippen LogP contribution in [0.2, 0.25) is 0 Å². The number of anilines is 1. The third kappa shape index (κ3) is 8.07. The summed E-state index contributed by atoms with van der Waals surface area (Å²) in [7, 11) is 0. The monoisotopic (exact) mass is 607 g/mol. The van der Waals surface area contributed by atoms with Crippen LogP contribution in [0.4, 0.5) is 15.1 Å². The van der Waals surface area contributed by atoms with Crippen LogP contribution in [0.25, 0.3) is 5.57 Å². The third-order valence-electron chi connectivity index (χ3n) is 8.78. The molecule has 238 valence electrons. The summed E-state index contributed by atoms with van der Waals surface area (Å²) < 4.78 is 26.4. The molecule has 3 heterocycles. The molecule has 1 atom stereocenters. The number of aryl methyl sites for hydroxylation is 1. The average molecular weight is 608 g/mol. The Kier molecular flexibility index (Phi) is 10.1. The van der Waals surface area contributed by atoms with Crippen molar-refractivity contribution in [3.05, 3.63) is 53.6 Å². The van der Waals surface area contributed by atoms with Gasteiger partial charge in [0.1, 0.15) is 5.60 Å². The van der Waals surface area contributed by atoms with Gasteiger partial charge in [0, 0.05) is 57.6 Å². The Bertz CT molecular complexity index is 1330. The average Bonchev–Trinajstić information content (AvgIpc) is 3.03. The minimum Gasteiger partial charge on any atom is -0.490 e. The lowest BCUT2D eigenvalue weighted by Crippen LogP contribution is -2.52. The highest BCUT2D eigenvalue weighted by molar-refractivity contribution is 5.81. The minimum atomic E-state index is -0.539. The fourth-order valence-corrected chi connectivity index (χ4v) is 6.03. The molecule has 10 heteroatoms. The summed E-state index contributed by atoms with van der Waals surface area (Å²) in [6.45, 7) is 11.8. The minimum absolute atomic E-state index is 0.0898. The molecular weight excluding hydrogens is 561 g/mol. The van der Waals surface area contributed by atoms with Crippen molar-refractivity contribution in [3.8, 4) is 5.75 Å². The summed E-state index contributed by atoms with van der Waals surface area (Å²) in [4.78, 5) is 40.3. The van der Waals surface area contributed by atoms with Gasteiger partial charge in [-0.25, -0.2) is 19.2 Å². The molecule has 1 aliphatic carbocycles. The second-order valence-corrected chi connectivity index (χ2v) is 13.1. The first kappa shape index (κ1) is 31.7. The highest BCUT2D eigenvalue weighted by Crippen LogP contribution is 2.33. The van der Waals surface area contributed by atoms with Crippen LogP contribution in [-0.4, -0.2) is 83.2 Å². The van der Waals surface area contributed by atoms with Crippen molar-refractivity contribution in [3.63, 3.8) is 0 Å². The van der Waals surface area contributed by atoms with E-state index in [-0.39, 0.29) is 29.5 Å². The van der Waals surface area contributed by atoms with Gasteiger partial charge in [-0.1, -0.05) is 19.1 Å². The summed E-state index contributed by atoms with van der Waals surface area (Å²) in [6.07, 6.45) is 10.4. The van der Waals surface area contributed by atoms with Gasteiger partial charge in [0.25, 0.3) is 0 Å². The SMILES string of the molecule is CCc1cnc(N2CCC(COc3ccc(C4=CCC(C(=O)N5CCN(C(=O)OC(C)(C)C)CC5)CC4)cc3F)CC2)nc1. The fraction of sp³-hybridized carbons (Fsp3) is 0.588. The molecule has 0 bridgehead atoms. The smallest absolute Gasteiger partial charge is 0.410 e. The van der Waals surface area contributed by atoms with Crippen LogP contribution in [-0.2, 0) is 16.0 Å². The molecule has 0 saturated carbocycles. The maximum atomic E-state index is 15.1. The van der Waals surface area contributed by atoms with Crippen molar-refractivity contribution in [1.82, 2.24) is 19.8 Å². The van der Waals surface area contributed by atoms with Gasteiger partial charge in [-0.15, -0.1) is 0 Å². The number of allylic oxidation sites excluding steroid dienone is 2. The molecule has 1 aromatic heterocycles. The number of amides is 2. The number of rotatable bonds is 7. The number of hydrogen-bond acceptors (Lipinski definition) is 7. The van der Waals surface area contributed by atoms with E-state index < -0.39 is 5.60 Å². The standard InChI is InChI=1S/C34H46FN5O4/c1-5-24-21-36-32(37-22-24)39-14-12-25(13-15-39)23-43-30-11-10-28(20-29(30)35)26-6-8-27(9-7-26)31(41)38-16-18-40(19-17-38)33(42)44-34(2,3)4/h6,10-11,20-22,25,27H,5,7-9,12-19,23H2,1-4H3. The number of piperidine rings is 1. The lowest BCUT2D eigenvalue weighted by Gasteiger charge is -2.37. The predicted molar refractivity (Wildman–Crippen MR) is 168 cm³/mol. The van der Waals surface area contributed by atoms with E-state index in [0.29, 0.717) is 45.1 Å². The zero-order valence-electron chi connectivity index (χ0n) is 26.6. The Morgan fingerprint density at radius 2 is 1.66 bits per heavy atom. The van der Waals surface area contributed by atoms with Gasteiger partial charge in [0.05, 0.1) is 6.61 Å². The van der Waals surface area contributed by atoms with Crippen molar-refractivity contribution in [2.45, 2.75) is 71.8 Å². The summed E-state index contributed by atoms with van der Waals surface area (Å²) in [6, 6.07) is 5.20. The van der Waals surface area contributed by atoms with Crippen LogP contribution in [0.3, 0.4) is 0 Å². The van der Waals surface area contributed by atoms with Gasteiger partial charge in [0.2, 0.25) is 11.9 Å². The highest BCUT2D eigenvalue weighted by atomic mass is 19.1. The number of carbonyl (C=O) groups excluding carboxylic acids is 2. The van der Waals surface area contributed by atoms with E-state index in [9.17, 15) is 9.59 Å². The van der Waals surface area contributed by atoms with Gasteiger partial charge >= 0.3 is 6.09 Å². The molecule has 2 fully saturated rings. The topological polar surface area (TPSA) is 88.1 Å². The highest BCUT2D eigenvalue weighted by Gasteiger charge is 2.31. The molecule has 2 saturated heterocycles. The Labute approximate surface area is 260 Å². The maximum Gasteiger partial charge on any atom is 0.410 e. The van der Waals surface area contributed by atoms with Crippen molar-refractivity contribution < 1.29 is 23.5 Å². The maximum absolute atomic E-state index is 15.1. The van der Waals surface area contributed by atoms with Gasteiger partial charge in [-0.2, -0.15) is 0 Å². The molecular formula is C34H46FN5O4. The van der Waals surface area contributed by atoms with Crippen LogP contribution in [0.15, 0.2) is 36.7 Å². The Hall–Kier alpha value is -3.69. The second kappa shape index (κ2) is 13.9. The molecule has 0 N–H and O–H groups in total. The Morgan fingerprint density at radius 1 is 0.977 bits per heavy atom. The van der Waals surface area contributed by atoms with Gasteiger partial charge in [-0.3, -0.25) is 4.79 Å². The van der Waals surface area contributed by atoms with E-state index in [0.717, 1.165) is 67.8 Å². The van der Waals surface area contributed by atoms with Crippen LogP contribution in [0.5, 0.6) is 5.75 Å². The van der Waals surface area contributed by atoms with Crippen LogP contribution in [0, 0.1) is 17.7 Å². The molecule has 44 heavy (non-hydrogen) atoms. The number of piperazine rings is 1. The number of nitrogens with zero attached hydrogens (tertiary/aromatic N) is 5. The van der Waals surface area contributed by atoms with E-state index in [1.807, 2.05) is 44.1 Å². The second-order valence-electron chi connectivity index (χ2n) is 13.1. The number of hydrogen-bond donors (Lipinski definition) is 0. The Balaban J connectivity index is 1.06. The molecule has 1 unspecified atom stereocenters. The van der Waals surface area contributed by atoms with E-state index in [2.05, 4.69) is 27.9 Å². The molecule has 0 spiro atoms. The number of carbonyl (C=O) groups is 2. The van der Waals surface area contributed by atoms with Crippen molar-refractivity contribution >= 4 is 23.5 Å². The molecule has 9 nitrogen and oxygen atoms in total. The van der Waals surface area contributed by atoms with Crippen molar-refractivity contribution in [1.29, 1.82) is 0 Å². The number of benzene rings is 1. The van der Waals surface area contributed by atoms with Gasteiger partial charge in [-0.05, 0) is 94.0 Å². The van der Waals surface area contributed by atoms with Gasteiger partial charge in [0.15, 0.2) is 11.6 Å². The van der Waals surface area contributed by atoms with E-state index in [1.54, 1.807) is 17.0 Å². The van der Waals surface area contributed by atoms with E-state index in [1.165, 1.54) is 0 Å². The van der Waals surface area contributed by atoms with E-state index in [4.69, 9.17) is 9.47 Å². The molecule has 2 aromatic rings. The Morgan fingerprint density at radius 3 is 2.25 bits per heavy atom. The summed E-state index contributed by atoms with van der Waals surface area (Å²) in [5.74, 6) is 1.10. The van der Waals surface area contributed by atoms with Crippen LogP contribution < -0.4 is 9.64 Å². The predicted octanol–water partition coefficient (Wildman–Crippen LogP) is 5.74. The zero-order valence-corrected chi connectivity index (χ0v) is 26.6. The first-order chi connectivity index (χ1) is 21.1. The lowest BCUT2D eigenvalue weighted by molar-refractivity contribution is -0.137. The summed E-state index contributed by atoms with van der Waals surface area (Å²) in [5.41, 5.74) is 2.50. The molecule has 2 amide bonds. The lowest BCUT2D eigenvalue weighted by atomic mass is 9.85. The van der Waals surface area contributed by atoms with E-state index >= 15 is 4.39 Å². The number of ether oxygens (including phenoxy) is 2. The van der Waals surface area contributed by atoms with Crippen molar-refractivity contribution in [2.24, 2.45) is 11.8 Å². The van der Waals surface area contributed by atoms with Crippen LogP contribution >= 0.6 is 0 Å². The largest absolute Gasteiger partial charge is 0.490 e. The molecule has 0 radical (unpaired) electrons. The zero-order chi connectivity index (χ0) is 31.3.